The maximum absolute atomic E-state index is 11.6. The fraction of sp³-hybridized carbons (Fsp3) is 0.417. The van der Waals surface area contributed by atoms with Crippen LogP contribution in [0.25, 0.3) is 0 Å². The molecule has 14 heavy (non-hydrogen) atoms. The second kappa shape index (κ2) is 4.27. The topological polar surface area (TPSA) is 26.3 Å². The van der Waals surface area contributed by atoms with Crippen LogP contribution in [-0.4, -0.2) is 5.97 Å². The largest absolute Gasteiger partial charge is 0.426 e. The Kier molecular flexibility index (Phi) is 3.28. The predicted octanol–water partition coefficient (Wildman–Crippen LogP) is 3.03. The van der Waals surface area contributed by atoms with E-state index in [0.717, 1.165) is 6.42 Å². The van der Waals surface area contributed by atoms with Gasteiger partial charge in [-0.2, -0.15) is 0 Å². The van der Waals surface area contributed by atoms with Crippen LogP contribution in [0, 0.1) is 5.41 Å². The molecule has 0 saturated heterocycles. The van der Waals surface area contributed by atoms with Crippen molar-refractivity contribution >= 4 is 5.97 Å². The molecule has 0 aliphatic heterocycles. The maximum atomic E-state index is 11.6. The summed E-state index contributed by atoms with van der Waals surface area (Å²) in [6, 6.07) is 9.15. The molecule has 1 aromatic carbocycles. The highest BCUT2D eigenvalue weighted by molar-refractivity contribution is 5.78. The maximum Gasteiger partial charge on any atom is 0.316 e. The molecule has 1 rings (SSSR count). The molecule has 2 nitrogen and oxygen atoms in total. The first-order chi connectivity index (χ1) is 6.56. The number of hydrogen-bond donors (Lipinski definition) is 0. The quantitative estimate of drug-likeness (QED) is 0.543. The van der Waals surface area contributed by atoms with Gasteiger partial charge in [-0.3, -0.25) is 4.79 Å². The van der Waals surface area contributed by atoms with Crippen molar-refractivity contribution < 1.29 is 9.53 Å². The van der Waals surface area contributed by atoms with Crippen molar-refractivity contribution in [2.75, 3.05) is 0 Å². The van der Waals surface area contributed by atoms with E-state index in [4.69, 9.17) is 4.74 Å². The van der Waals surface area contributed by atoms with E-state index < -0.39 is 5.41 Å². The van der Waals surface area contributed by atoms with Gasteiger partial charge in [0.15, 0.2) is 0 Å². The first-order valence-corrected chi connectivity index (χ1v) is 4.83. The Labute approximate surface area is 84.9 Å². The highest BCUT2D eigenvalue weighted by atomic mass is 16.5. The number of carbonyl (C=O) groups excluding carboxylic acids is 1. The van der Waals surface area contributed by atoms with Crippen LogP contribution in [0.1, 0.15) is 27.2 Å². The summed E-state index contributed by atoms with van der Waals surface area (Å²) in [5.74, 6) is 0.435. The first kappa shape index (κ1) is 10.8. The van der Waals surface area contributed by atoms with Crippen molar-refractivity contribution in [1.82, 2.24) is 0 Å². The minimum atomic E-state index is -0.407. The minimum absolute atomic E-state index is 0.175. The molecule has 0 bridgehead atoms. The summed E-state index contributed by atoms with van der Waals surface area (Å²) in [6.07, 6.45) is 0.776. The molecular formula is C12H16O2. The predicted molar refractivity (Wildman–Crippen MR) is 56.1 cm³/mol. The highest BCUT2D eigenvalue weighted by Gasteiger charge is 2.27. The van der Waals surface area contributed by atoms with Crippen LogP contribution in [0.2, 0.25) is 0 Å². The lowest BCUT2D eigenvalue weighted by Gasteiger charge is -2.19. The molecule has 0 heterocycles. The van der Waals surface area contributed by atoms with E-state index in [1.165, 1.54) is 0 Å². The summed E-state index contributed by atoms with van der Waals surface area (Å²) in [7, 11) is 0. The second-order valence-electron chi connectivity index (χ2n) is 3.94. The molecule has 0 spiro atoms. The zero-order valence-corrected chi connectivity index (χ0v) is 8.91. The van der Waals surface area contributed by atoms with E-state index in [-0.39, 0.29) is 5.97 Å². The molecule has 0 radical (unpaired) electrons. The minimum Gasteiger partial charge on any atom is -0.426 e. The molecule has 0 N–H and O–H groups in total. The van der Waals surface area contributed by atoms with Gasteiger partial charge in [0.05, 0.1) is 5.41 Å². The SMILES string of the molecule is CCC(C)(C)C(=O)Oc1ccccc1. The third kappa shape index (κ3) is 2.59. The Hall–Kier alpha value is -1.31. The third-order valence-corrected chi connectivity index (χ3v) is 2.39. The smallest absolute Gasteiger partial charge is 0.316 e. The summed E-state index contributed by atoms with van der Waals surface area (Å²) in [5, 5.41) is 0. The van der Waals surface area contributed by atoms with Crippen LogP contribution in [0.3, 0.4) is 0 Å². The van der Waals surface area contributed by atoms with Gasteiger partial charge in [0.25, 0.3) is 0 Å². The zero-order chi connectivity index (χ0) is 10.6. The number of carbonyl (C=O) groups is 1. The molecule has 0 aliphatic carbocycles. The standard InChI is InChI=1S/C12H16O2/c1-4-12(2,3)11(13)14-10-8-6-5-7-9-10/h5-9H,4H2,1-3H3. The van der Waals surface area contributed by atoms with Crippen molar-refractivity contribution in [1.29, 1.82) is 0 Å². The zero-order valence-electron chi connectivity index (χ0n) is 8.91. The van der Waals surface area contributed by atoms with Gasteiger partial charge in [-0.05, 0) is 32.4 Å². The normalized spacial score (nSPS) is 11.1. The van der Waals surface area contributed by atoms with Crippen LogP contribution < -0.4 is 4.74 Å². The Bertz CT molecular complexity index is 301. The summed E-state index contributed by atoms with van der Waals surface area (Å²) >= 11 is 0. The fourth-order valence-corrected chi connectivity index (χ4v) is 0.878. The van der Waals surface area contributed by atoms with Gasteiger partial charge in [0.2, 0.25) is 0 Å². The number of benzene rings is 1. The van der Waals surface area contributed by atoms with Gasteiger partial charge < -0.3 is 4.74 Å². The van der Waals surface area contributed by atoms with Crippen molar-refractivity contribution in [2.24, 2.45) is 5.41 Å². The highest BCUT2D eigenvalue weighted by Crippen LogP contribution is 2.23. The van der Waals surface area contributed by atoms with Crippen LogP contribution >= 0.6 is 0 Å². The fourth-order valence-electron chi connectivity index (χ4n) is 0.878. The van der Waals surface area contributed by atoms with Gasteiger partial charge in [-0.15, -0.1) is 0 Å². The number of esters is 1. The molecule has 0 aliphatic rings. The van der Waals surface area contributed by atoms with E-state index >= 15 is 0 Å². The Morgan fingerprint density at radius 1 is 1.29 bits per heavy atom. The lowest BCUT2D eigenvalue weighted by atomic mass is 9.91. The number of rotatable bonds is 3. The molecule has 2 heteroatoms. The van der Waals surface area contributed by atoms with Gasteiger partial charge in [0, 0.05) is 0 Å². The molecule has 0 fully saturated rings. The van der Waals surface area contributed by atoms with Crippen molar-refractivity contribution in [3.05, 3.63) is 30.3 Å². The van der Waals surface area contributed by atoms with Gasteiger partial charge in [-0.1, -0.05) is 25.1 Å². The van der Waals surface area contributed by atoms with Crippen molar-refractivity contribution in [2.45, 2.75) is 27.2 Å². The Morgan fingerprint density at radius 3 is 2.36 bits per heavy atom. The van der Waals surface area contributed by atoms with E-state index in [9.17, 15) is 4.79 Å². The van der Waals surface area contributed by atoms with Crippen molar-refractivity contribution in [3.63, 3.8) is 0 Å². The Balaban J connectivity index is 2.67. The van der Waals surface area contributed by atoms with E-state index in [1.54, 1.807) is 12.1 Å². The third-order valence-electron chi connectivity index (χ3n) is 2.39. The van der Waals surface area contributed by atoms with E-state index in [1.807, 2.05) is 39.0 Å². The monoisotopic (exact) mass is 192 g/mol. The molecule has 0 saturated carbocycles. The van der Waals surface area contributed by atoms with Gasteiger partial charge in [0.1, 0.15) is 5.75 Å². The van der Waals surface area contributed by atoms with Crippen molar-refractivity contribution in [3.8, 4) is 5.75 Å². The summed E-state index contributed by atoms with van der Waals surface area (Å²) in [4.78, 5) is 11.6. The van der Waals surface area contributed by atoms with E-state index in [0.29, 0.717) is 5.75 Å². The lowest BCUT2D eigenvalue weighted by Crippen LogP contribution is -2.28. The summed E-state index contributed by atoms with van der Waals surface area (Å²) in [6.45, 7) is 5.75. The average Bonchev–Trinajstić information content (AvgIpc) is 2.19. The van der Waals surface area contributed by atoms with Crippen LogP contribution in [0.4, 0.5) is 0 Å². The second-order valence-corrected chi connectivity index (χ2v) is 3.94. The number of para-hydroxylation sites is 1. The molecule has 76 valence electrons. The molecule has 0 aromatic heterocycles. The molecule has 0 amide bonds. The average molecular weight is 192 g/mol. The molecule has 0 atom stereocenters. The van der Waals surface area contributed by atoms with E-state index in [2.05, 4.69) is 0 Å². The lowest BCUT2D eigenvalue weighted by molar-refractivity contribution is -0.144. The van der Waals surface area contributed by atoms with Crippen LogP contribution in [0.5, 0.6) is 5.75 Å². The molecule has 0 unspecified atom stereocenters. The Morgan fingerprint density at radius 2 is 1.86 bits per heavy atom. The summed E-state index contributed by atoms with van der Waals surface area (Å²) < 4.78 is 5.23. The van der Waals surface area contributed by atoms with Gasteiger partial charge >= 0.3 is 5.97 Å². The number of hydrogen-bond acceptors (Lipinski definition) is 2. The summed E-state index contributed by atoms with van der Waals surface area (Å²) in [5.41, 5.74) is -0.407. The molecule has 1 aromatic rings. The first-order valence-electron chi connectivity index (χ1n) is 4.83. The van der Waals surface area contributed by atoms with Gasteiger partial charge in [-0.25, -0.2) is 0 Å². The van der Waals surface area contributed by atoms with Crippen LogP contribution in [0.15, 0.2) is 30.3 Å². The van der Waals surface area contributed by atoms with Crippen LogP contribution in [-0.2, 0) is 4.79 Å². The molecular weight excluding hydrogens is 176 g/mol. The number of ether oxygens (including phenoxy) is 1.